The van der Waals surface area contributed by atoms with Crippen LogP contribution in [-0.2, 0) is 18.9 Å². The first kappa shape index (κ1) is 70.9. The van der Waals surface area contributed by atoms with Crippen LogP contribution in [0.1, 0.15) is 68.7 Å². The van der Waals surface area contributed by atoms with E-state index < -0.39 is 0 Å². The molecule has 512 valence electrons. The highest BCUT2D eigenvalue weighted by Gasteiger charge is 2.33. The second-order valence-electron chi connectivity index (χ2n) is 25.3. The Morgan fingerprint density at radius 1 is 0.230 bits per heavy atom. The zero-order valence-electron chi connectivity index (χ0n) is 55.4. The summed E-state index contributed by atoms with van der Waals surface area (Å²) in [5.41, 5.74) is 8.61. The molecular weight excluding hydrogens is 1510 g/mol. The van der Waals surface area contributed by atoms with Crippen molar-refractivity contribution < 1.29 is 39.4 Å². The van der Waals surface area contributed by atoms with E-state index in [0.717, 1.165) is 188 Å². The van der Waals surface area contributed by atoms with E-state index in [2.05, 4.69) is 229 Å². The minimum absolute atomic E-state index is 0.00287. The van der Waals surface area contributed by atoms with Crippen molar-refractivity contribution in [3.63, 3.8) is 0 Å². The van der Waals surface area contributed by atoms with E-state index in [1.54, 1.807) is 0 Å². The number of phenolic OH excluding ortho intramolecular Hbond substituents is 4. The van der Waals surface area contributed by atoms with Crippen LogP contribution >= 0.6 is 63.7 Å². The summed E-state index contributed by atoms with van der Waals surface area (Å²) in [4.78, 5) is 9.59. The molecule has 0 radical (unpaired) electrons. The lowest BCUT2D eigenvalue weighted by Gasteiger charge is -2.36. The van der Waals surface area contributed by atoms with Crippen molar-refractivity contribution in [3.8, 4) is 23.0 Å². The van der Waals surface area contributed by atoms with Crippen LogP contribution in [0.15, 0.2) is 261 Å². The molecule has 4 N–H and O–H groups in total. The van der Waals surface area contributed by atoms with Gasteiger partial charge < -0.3 is 39.4 Å². The third kappa shape index (κ3) is 16.7. The first-order valence-electron chi connectivity index (χ1n) is 34.1. The van der Waals surface area contributed by atoms with Gasteiger partial charge in [-0.2, -0.15) is 0 Å². The van der Waals surface area contributed by atoms with Crippen molar-refractivity contribution in [1.82, 2.24) is 19.6 Å². The zero-order valence-corrected chi connectivity index (χ0v) is 61.8. The van der Waals surface area contributed by atoms with Crippen molar-refractivity contribution in [2.24, 2.45) is 0 Å². The van der Waals surface area contributed by atoms with Crippen molar-refractivity contribution >= 4 is 107 Å². The summed E-state index contributed by atoms with van der Waals surface area (Å²) in [5.74, 6) is 1.38. The Labute approximate surface area is 618 Å². The third-order valence-electron chi connectivity index (χ3n) is 19.3. The highest BCUT2D eigenvalue weighted by molar-refractivity contribution is 9.11. The summed E-state index contributed by atoms with van der Waals surface area (Å²) in [6, 6.07) is 81.7. The Balaban J connectivity index is 0.000000119. The molecule has 0 aliphatic carbocycles. The van der Waals surface area contributed by atoms with Crippen molar-refractivity contribution in [1.29, 1.82) is 0 Å². The van der Waals surface area contributed by atoms with Gasteiger partial charge in [0.15, 0.2) is 0 Å². The van der Waals surface area contributed by atoms with Crippen LogP contribution in [0.25, 0.3) is 43.1 Å². The number of rotatable bonds is 12. The van der Waals surface area contributed by atoms with E-state index in [0.29, 0.717) is 23.0 Å². The van der Waals surface area contributed by atoms with Gasteiger partial charge in [-0.3, -0.25) is 19.6 Å². The highest BCUT2D eigenvalue weighted by atomic mass is 79.9. The van der Waals surface area contributed by atoms with E-state index in [9.17, 15) is 20.4 Å². The fourth-order valence-electron chi connectivity index (χ4n) is 14.4. The number of fused-ring (bicyclic) bond motifs is 4. The van der Waals surface area contributed by atoms with E-state index in [1.807, 2.05) is 97.1 Å². The standard InChI is InChI=1S/4C21H20BrNO2/c4*22-17-8-5-16(6-9-17)21(23-11-13-25-14-12-23)20-18-4-2-1-3-15(18)7-10-19(20)24/h4*1-10,21,24H,11-14H2/t4*21-/m1100/s1. The summed E-state index contributed by atoms with van der Waals surface area (Å²) >= 11 is 14.1. The maximum absolute atomic E-state index is 10.8. The van der Waals surface area contributed by atoms with Crippen LogP contribution in [-0.4, -0.2) is 145 Å². The molecule has 4 fully saturated rings. The number of nitrogens with zero attached hydrogens (tertiary/aromatic N) is 4. The zero-order chi connectivity index (χ0) is 68.9. The van der Waals surface area contributed by atoms with Gasteiger partial charge in [0.25, 0.3) is 0 Å². The Morgan fingerprint density at radius 3 is 0.600 bits per heavy atom. The largest absolute Gasteiger partial charge is 0.508 e. The van der Waals surface area contributed by atoms with Gasteiger partial charge in [-0.05, 0) is 138 Å². The molecule has 16 heteroatoms. The predicted octanol–water partition coefficient (Wildman–Crippen LogP) is 18.9. The molecule has 12 aromatic carbocycles. The first-order valence-corrected chi connectivity index (χ1v) is 37.2. The summed E-state index contributed by atoms with van der Waals surface area (Å²) in [5, 5.41) is 52.0. The fourth-order valence-corrected chi connectivity index (χ4v) is 15.5. The average molecular weight is 1590 g/mol. The number of aromatic hydroxyl groups is 4. The summed E-state index contributed by atoms with van der Waals surface area (Å²) in [6.45, 7) is 12.6. The molecule has 0 aromatic heterocycles. The molecule has 0 unspecified atom stereocenters. The first-order chi connectivity index (χ1) is 48.9. The second kappa shape index (κ2) is 34.0. The molecular formula is C84H80Br4N4O8. The van der Waals surface area contributed by atoms with Gasteiger partial charge in [0.1, 0.15) is 23.0 Å². The smallest absolute Gasteiger partial charge is 0.121 e. The Morgan fingerprint density at radius 2 is 0.410 bits per heavy atom. The van der Waals surface area contributed by atoms with Gasteiger partial charge in [-0.1, -0.05) is 234 Å². The number of ether oxygens (including phenoxy) is 4. The minimum atomic E-state index is 0.00287. The quantitative estimate of drug-likeness (QED) is 0.0929. The predicted molar refractivity (Wildman–Crippen MR) is 416 cm³/mol. The monoisotopic (exact) mass is 1590 g/mol. The van der Waals surface area contributed by atoms with E-state index in [4.69, 9.17) is 18.9 Å². The van der Waals surface area contributed by atoms with E-state index >= 15 is 0 Å². The number of hydrogen-bond donors (Lipinski definition) is 4. The van der Waals surface area contributed by atoms with Crippen LogP contribution in [0.2, 0.25) is 0 Å². The minimum Gasteiger partial charge on any atom is -0.508 e. The van der Waals surface area contributed by atoms with Gasteiger partial charge in [-0.25, -0.2) is 0 Å². The maximum Gasteiger partial charge on any atom is 0.121 e. The molecule has 4 heterocycles. The van der Waals surface area contributed by atoms with Gasteiger partial charge in [0, 0.05) is 92.5 Å². The molecule has 0 bridgehead atoms. The van der Waals surface area contributed by atoms with Gasteiger partial charge >= 0.3 is 0 Å². The van der Waals surface area contributed by atoms with Gasteiger partial charge in [-0.15, -0.1) is 0 Å². The molecule has 16 rings (SSSR count). The molecule has 4 aliphatic rings. The summed E-state index contributed by atoms with van der Waals surface area (Å²) < 4.78 is 26.4. The molecule has 4 saturated heterocycles. The van der Waals surface area contributed by atoms with Gasteiger partial charge in [0.2, 0.25) is 0 Å². The lowest BCUT2D eigenvalue weighted by Crippen LogP contribution is -2.39. The number of morpholine rings is 4. The Hall–Kier alpha value is -7.52. The van der Waals surface area contributed by atoms with Crippen molar-refractivity contribution in [3.05, 3.63) is 305 Å². The molecule has 12 nitrogen and oxygen atoms in total. The second-order valence-corrected chi connectivity index (χ2v) is 29.0. The molecule has 0 amide bonds. The SMILES string of the molecule is Oc1ccc2ccccc2c1[C@@H](c1ccc(Br)cc1)N1CCOCC1.Oc1ccc2ccccc2c1[C@@H](c1ccc(Br)cc1)N1CCOCC1.Oc1ccc2ccccc2c1[C@H](c1ccc(Br)cc1)N1CCOCC1.Oc1ccc2ccccc2c1[C@H](c1ccc(Br)cc1)N1CCOCC1. The Bertz CT molecular complexity index is 4090. The van der Waals surface area contributed by atoms with Crippen molar-refractivity contribution in [2.75, 3.05) is 105 Å². The normalized spacial score (nSPS) is 16.8. The molecule has 12 aromatic rings. The topological polar surface area (TPSA) is 131 Å². The lowest BCUT2D eigenvalue weighted by atomic mass is 9.91. The average Bonchev–Trinajstić information content (AvgIpc) is 0.793. The highest BCUT2D eigenvalue weighted by Crippen LogP contribution is 2.45. The molecule has 0 saturated carbocycles. The fraction of sp³-hybridized carbons (Fsp3) is 0.238. The van der Waals surface area contributed by atoms with Crippen LogP contribution < -0.4 is 0 Å². The van der Waals surface area contributed by atoms with Crippen LogP contribution in [0.3, 0.4) is 0 Å². The van der Waals surface area contributed by atoms with Crippen LogP contribution in [0, 0.1) is 0 Å². The Kier molecular flexibility index (Phi) is 24.1. The lowest BCUT2D eigenvalue weighted by molar-refractivity contribution is 0.0238. The van der Waals surface area contributed by atoms with E-state index in [-0.39, 0.29) is 24.2 Å². The number of halogens is 4. The summed E-state index contributed by atoms with van der Waals surface area (Å²) in [6.07, 6.45) is 0. The molecule has 100 heavy (non-hydrogen) atoms. The van der Waals surface area contributed by atoms with E-state index in [1.165, 1.54) is 22.3 Å². The molecule has 0 spiro atoms. The van der Waals surface area contributed by atoms with Crippen LogP contribution in [0.4, 0.5) is 0 Å². The molecule has 4 aliphatic heterocycles. The number of phenols is 4. The van der Waals surface area contributed by atoms with Crippen molar-refractivity contribution in [2.45, 2.75) is 24.2 Å². The number of hydrogen-bond acceptors (Lipinski definition) is 12. The summed E-state index contributed by atoms with van der Waals surface area (Å²) in [7, 11) is 0. The number of benzene rings is 12. The third-order valence-corrected chi connectivity index (χ3v) is 21.4. The van der Waals surface area contributed by atoms with Gasteiger partial charge in [0.05, 0.1) is 77.0 Å². The molecule has 4 atom stereocenters. The van der Waals surface area contributed by atoms with Crippen LogP contribution in [0.5, 0.6) is 23.0 Å². The maximum atomic E-state index is 10.8.